The molecule has 0 unspecified atom stereocenters. The summed E-state index contributed by atoms with van der Waals surface area (Å²) >= 11 is 0. The van der Waals surface area contributed by atoms with Gasteiger partial charge in [-0.2, -0.15) is 0 Å². The lowest BCUT2D eigenvalue weighted by atomic mass is 10.1. The topological polar surface area (TPSA) is 37.8 Å². The Hall–Kier alpha value is -2.29. The maximum atomic E-state index is 12.1. The standard InChI is InChI=1S/C16H16N2O/c19-16-14-10-4-5-11-15(14)17-18(16)12-6-9-13-7-2-1-3-8-13/h1-5,7-8,10-11,17H,6,9,12H2. The molecule has 19 heavy (non-hydrogen) atoms. The van der Waals surface area contributed by atoms with Crippen molar-refractivity contribution >= 4 is 10.9 Å². The smallest absolute Gasteiger partial charge is 0.274 e. The molecule has 3 heteroatoms. The molecule has 0 bridgehead atoms. The second-order valence-corrected chi connectivity index (χ2v) is 4.70. The van der Waals surface area contributed by atoms with Crippen LogP contribution in [0.1, 0.15) is 12.0 Å². The molecule has 0 fully saturated rings. The van der Waals surface area contributed by atoms with E-state index >= 15 is 0 Å². The first-order valence-electron chi connectivity index (χ1n) is 6.56. The fraction of sp³-hybridized carbons (Fsp3) is 0.188. The number of hydrogen-bond donors (Lipinski definition) is 1. The van der Waals surface area contributed by atoms with Crippen LogP contribution >= 0.6 is 0 Å². The van der Waals surface area contributed by atoms with Gasteiger partial charge in [-0.3, -0.25) is 14.6 Å². The van der Waals surface area contributed by atoms with Gasteiger partial charge in [-0.25, -0.2) is 0 Å². The van der Waals surface area contributed by atoms with E-state index in [0.29, 0.717) is 0 Å². The highest BCUT2D eigenvalue weighted by atomic mass is 16.1. The summed E-state index contributed by atoms with van der Waals surface area (Å²) in [7, 11) is 0. The molecule has 3 aromatic rings. The van der Waals surface area contributed by atoms with Crippen LogP contribution in [0.5, 0.6) is 0 Å². The molecule has 0 aliphatic heterocycles. The number of benzene rings is 2. The summed E-state index contributed by atoms with van der Waals surface area (Å²) in [6, 6.07) is 18.0. The molecule has 0 aliphatic carbocycles. The summed E-state index contributed by atoms with van der Waals surface area (Å²) in [5.74, 6) is 0. The van der Waals surface area contributed by atoms with Gasteiger partial charge in [-0.1, -0.05) is 42.5 Å². The van der Waals surface area contributed by atoms with Crippen LogP contribution in [0.4, 0.5) is 0 Å². The van der Waals surface area contributed by atoms with Crippen molar-refractivity contribution in [1.82, 2.24) is 9.78 Å². The van der Waals surface area contributed by atoms with Gasteiger partial charge >= 0.3 is 0 Å². The highest BCUT2D eigenvalue weighted by Gasteiger charge is 2.04. The molecule has 0 amide bonds. The number of para-hydroxylation sites is 1. The number of nitrogens with zero attached hydrogens (tertiary/aromatic N) is 1. The van der Waals surface area contributed by atoms with Crippen LogP contribution in [0.2, 0.25) is 0 Å². The van der Waals surface area contributed by atoms with Crippen LogP contribution in [0, 0.1) is 0 Å². The third kappa shape index (κ3) is 2.45. The Balaban J connectivity index is 1.72. The van der Waals surface area contributed by atoms with Crippen molar-refractivity contribution in [2.45, 2.75) is 19.4 Å². The summed E-state index contributed by atoms with van der Waals surface area (Å²) in [4.78, 5) is 12.1. The molecule has 0 radical (unpaired) electrons. The van der Waals surface area contributed by atoms with Gasteiger partial charge < -0.3 is 0 Å². The molecule has 96 valence electrons. The van der Waals surface area contributed by atoms with Gasteiger partial charge in [0.25, 0.3) is 5.56 Å². The van der Waals surface area contributed by atoms with Gasteiger partial charge in [-0.05, 0) is 30.5 Å². The van der Waals surface area contributed by atoms with E-state index in [1.807, 2.05) is 42.5 Å². The van der Waals surface area contributed by atoms with E-state index in [0.717, 1.165) is 30.3 Å². The molecule has 1 heterocycles. The average molecular weight is 252 g/mol. The predicted octanol–water partition coefficient (Wildman–Crippen LogP) is 2.96. The molecule has 3 rings (SSSR count). The SMILES string of the molecule is O=c1c2ccccc2[nH]n1CCCc1ccccc1. The Kier molecular flexibility index (Phi) is 3.19. The largest absolute Gasteiger partial charge is 0.295 e. The minimum atomic E-state index is 0.0728. The summed E-state index contributed by atoms with van der Waals surface area (Å²) < 4.78 is 1.70. The van der Waals surface area contributed by atoms with Gasteiger partial charge in [0.1, 0.15) is 0 Å². The van der Waals surface area contributed by atoms with Crippen molar-refractivity contribution in [2.75, 3.05) is 0 Å². The second kappa shape index (κ2) is 5.14. The quantitative estimate of drug-likeness (QED) is 0.761. The number of rotatable bonds is 4. The van der Waals surface area contributed by atoms with Crippen molar-refractivity contribution in [2.24, 2.45) is 0 Å². The molecule has 0 saturated heterocycles. The van der Waals surface area contributed by atoms with Gasteiger partial charge in [0.05, 0.1) is 10.9 Å². The molecule has 1 N–H and O–H groups in total. The summed E-state index contributed by atoms with van der Waals surface area (Å²) in [5.41, 5.74) is 2.29. The fourth-order valence-corrected chi connectivity index (χ4v) is 2.35. The molecule has 0 aliphatic rings. The normalized spacial score (nSPS) is 10.9. The van der Waals surface area contributed by atoms with Crippen LogP contribution < -0.4 is 5.56 Å². The van der Waals surface area contributed by atoms with Gasteiger partial charge in [0.15, 0.2) is 0 Å². The van der Waals surface area contributed by atoms with Crippen LogP contribution in [0.15, 0.2) is 59.4 Å². The highest BCUT2D eigenvalue weighted by Crippen LogP contribution is 2.07. The average Bonchev–Trinajstić information content (AvgIpc) is 2.78. The first-order chi connectivity index (χ1) is 9.34. The van der Waals surface area contributed by atoms with Crippen molar-refractivity contribution in [3.05, 3.63) is 70.5 Å². The Bertz CT molecular complexity index is 725. The van der Waals surface area contributed by atoms with E-state index in [-0.39, 0.29) is 5.56 Å². The maximum absolute atomic E-state index is 12.1. The Morgan fingerprint density at radius 1 is 0.947 bits per heavy atom. The van der Waals surface area contributed by atoms with E-state index in [4.69, 9.17) is 0 Å². The number of hydrogen-bond acceptors (Lipinski definition) is 1. The first kappa shape index (κ1) is 11.8. The van der Waals surface area contributed by atoms with Gasteiger partial charge in [0, 0.05) is 6.54 Å². The lowest BCUT2D eigenvalue weighted by Crippen LogP contribution is -2.16. The molecule has 3 nitrogen and oxygen atoms in total. The first-order valence-corrected chi connectivity index (χ1v) is 6.56. The molecule has 0 saturated carbocycles. The van der Waals surface area contributed by atoms with Gasteiger partial charge in [0.2, 0.25) is 0 Å². The minimum absolute atomic E-state index is 0.0728. The van der Waals surface area contributed by atoms with E-state index in [1.54, 1.807) is 4.68 Å². The van der Waals surface area contributed by atoms with Crippen LogP contribution in [-0.4, -0.2) is 9.78 Å². The van der Waals surface area contributed by atoms with Gasteiger partial charge in [-0.15, -0.1) is 0 Å². The van der Waals surface area contributed by atoms with Crippen LogP contribution in [0.25, 0.3) is 10.9 Å². The number of aryl methyl sites for hydroxylation is 2. The number of aromatic amines is 1. The zero-order valence-electron chi connectivity index (χ0n) is 10.7. The van der Waals surface area contributed by atoms with Crippen molar-refractivity contribution in [3.63, 3.8) is 0 Å². The van der Waals surface area contributed by atoms with Crippen molar-refractivity contribution < 1.29 is 0 Å². The summed E-state index contributed by atoms with van der Waals surface area (Å²) in [6.45, 7) is 0.725. The summed E-state index contributed by atoms with van der Waals surface area (Å²) in [6.07, 6.45) is 1.94. The van der Waals surface area contributed by atoms with Crippen LogP contribution in [-0.2, 0) is 13.0 Å². The molecule has 2 aromatic carbocycles. The molecular weight excluding hydrogens is 236 g/mol. The maximum Gasteiger partial charge on any atom is 0.274 e. The Morgan fingerprint density at radius 2 is 1.68 bits per heavy atom. The predicted molar refractivity (Wildman–Crippen MR) is 77.3 cm³/mol. The van der Waals surface area contributed by atoms with Crippen molar-refractivity contribution in [3.8, 4) is 0 Å². The van der Waals surface area contributed by atoms with E-state index in [2.05, 4.69) is 17.2 Å². The van der Waals surface area contributed by atoms with E-state index in [9.17, 15) is 4.79 Å². The lowest BCUT2D eigenvalue weighted by Gasteiger charge is -2.02. The molecular formula is C16H16N2O. The molecule has 0 spiro atoms. The number of H-pyrrole nitrogens is 1. The number of nitrogens with one attached hydrogen (secondary N) is 1. The third-order valence-corrected chi connectivity index (χ3v) is 3.35. The lowest BCUT2D eigenvalue weighted by molar-refractivity contribution is 0.569. The fourth-order valence-electron chi connectivity index (χ4n) is 2.35. The Morgan fingerprint density at radius 3 is 2.47 bits per heavy atom. The third-order valence-electron chi connectivity index (χ3n) is 3.35. The second-order valence-electron chi connectivity index (χ2n) is 4.70. The number of aromatic nitrogens is 2. The van der Waals surface area contributed by atoms with E-state index < -0.39 is 0 Å². The zero-order valence-corrected chi connectivity index (χ0v) is 10.7. The van der Waals surface area contributed by atoms with E-state index in [1.165, 1.54) is 5.56 Å². The molecule has 0 atom stereocenters. The number of fused-ring (bicyclic) bond motifs is 1. The van der Waals surface area contributed by atoms with Crippen molar-refractivity contribution in [1.29, 1.82) is 0 Å². The Labute approximate surface area is 111 Å². The monoisotopic (exact) mass is 252 g/mol. The van der Waals surface area contributed by atoms with Crippen LogP contribution in [0.3, 0.4) is 0 Å². The highest BCUT2D eigenvalue weighted by molar-refractivity contribution is 5.77. The molecule has 1 aromatic heterocycles. The minimum Gasteiger partial charge on any atom is -0.295 e. The summed E-state index contributed by atoms with van der Waals surface area (Å²) in [5, 5.41) is 3.92. The zero-order chi connectivity index (χ0) is 13.1.